The minimum absolute atomic E-state index is 0.0428. The van der Waals surface area contributed by atoms with Gasteiger partial charge in [-0.2, -0.15) is 18.3 Å². The predicted octanol–water partition coefficient (Wildman–Crippen LogP) is 5.21. The quantitative estimate of drug-likeness (QED) is 0.652. The lowest BCUT2D eigenvalue weighted by Crippen LogP contribution is -2.08. The van der Waals surface area contributed by atoms with Crippen LogP contribution in [-0.2, 0) is 6.18 Å². The number of fused-ring (bicyclic) bond motifs is 1. The van der Waals surface area contributed by atoms with Gasteiger partial charge >= 0.3 is 6.18 Å². The number of aryl methyl sites for hydroxylation is 1. The SMILES string of the molecule is Cc1[nH]nc(C(F)(F)F)c1-c1cc(C(C)C)c2ccc(F)cc2n1. The van der Waals surface area contributed by atoms with E-state index in [1.54, 1.807) is 12.1 Å². The first-order valence-corrected chi connectivity index (χ1v) is 7.41. The van der Waals surface area contributed by atoms with Crippen molar-refractivity contribution < 1.29 is 17.6 Å². The molecule has 0 aliphatic rings. The Kier molecular flexibility index (Phi) is 3.81. The summed E-state index contributed by atoms with van der Waals surface area (Å²) in [5.74, 6) is -0.442. The molecule has 3 aromatic rings. The summed E-state index contributed by atoms with van der Waals surface area (Å²) in [5, 5.41) is 6.46. The fourth-order valence-corrected chi connectivity index (χ4v) is 2.78. The highest BCUT2D eigenvalue weighted by atomic mass is 19.4. The average molecular weight is 337 g/mol. The Hall–Kier alpha value is -2.44. The molecule has 0 aliphatic carbocycles. The van der Waals surface area contributed by atoms with Gasteiger partial charge in [-0.25, -0.2) is 9.37 Å². The molecule has 126 valence electrons. The lowest BCUT2D eigenvalue weighted by Gasteiger charge is -2.14. The first-order valence-electron chi connectivity index (χ1n) is 7.41. The van der Waals surface area contributed by atoms with Gasteiger partial charge in [0.15, 0.2) is 5.69 Å². The van der Waals surface area contributed by atoms with Gasteiger partial charge in [-0.1, -0.05) is 13.8 Å². The van der Waals surface area contributed by atoms with Gasteiger partial charge < -0.3 is 0 Å². The fraction of sp³-hybridized carbons (Fsp3) is 0.294. The van der Waals surface area contributed by atoms with Crippen molar-refractivity contribution in [3.8, 4) is 11.3 Å². The van der Waals surface area contributed by atoms with Crippen LogP contribution in [0.2, 0.25) is 0 Å². The van der Waals surface area contributed by atoms with E-state index in [-0.39, 0.29) is 22.9 Å². The molecule has 24 heavy (non-hydrogen) atoms. The number of benzene rings is 1. The topological polar surface area (TPSA) is 41.6 Å². The molecule has 0 radical (unpaired) electrons. The Balaban J connectivity index is 2.34. The van der Waals surface area contributed by atoms with Gasteiger partial charge in [0.25, 0.3) is 0 Å². The first kappa shape index (κ1) is 16.4. The highest BCUT2D eigenvalue weighted by molar-refractivity contribution is 5.86. The van der Waals surface area contributed by atoms with Crippen LogP contribution >= 0.6 is 0 Å². The molecule has 3 rings (SSSR count). The molecule has 7 heteroatoms. The number of nitrogens with one attached hydrogen (secondary N) is 1. The van der Waals surface area contributed by atoms with Crippen LogP contribution in [0.25, 0.3) is 22.2 Å². The molecule has 2 aromatic heterocycles. The number of aromatic amines is 1. The molecule has 0 saturated carbocycles. The second-order valence-corrected chi connectivity index (χ2v) is 5.98. The summed E-state index contributed by atoms with van der Waals surface area (Å²) in [4.78, 5) is 4.26. The third-order valence-corrected chi connectivity index (χ3v) is 3.90. The third-order valence-electron chi connectivity index (χ3n) is 3.90. The van der Waals surface area contributed by atoms with Gasteiger partial charge in [-0.15, -0.1) is 0 Å². The summed E-state index contributed by atoms with van der Waals surface area (Å²) in [7, 11) is 0. The second kappa shape index (κ2) is 5.58. The molecule has 2 heterocycles. The Bertz CT molecular complexity index is 910. The Morgan fingerprint density at radius 3 is 2.46 bits per heavy atom. The smallest absolute Gasteiger partial charge is 0.282 e. The van der Waals surface area contributed by atoms with Gasteiger partial charge in [0.2, 0.25) is 0 Å². The van der Waals surface area contributed by atoms with Crippen molar-refractivity contribution in [3.05, 3.63) is 47.0 Å². The van der Waals surface area contributed by atoms with Crippen LogP contribution in [0.15, 0.2) is 24.3 Å². The summed E-state index contributed by atoms with van der Waals surface area (Å²) in [5.41, 5.74) is 0.415. The maximum Gasteiger partial charge on any atom is 0.435 e. The Morgan fingerprint density at radius 2 is 1.83 bits per heavy atom. The number of alkyl halides is 3. The van der Waals surface area contributed by atoms with E-state index in [1.165, 1.54) is 19.1 Å². The molecular formula is C17H15F4N3. The van der Waals surface area contributed by atoms with Gasteiger partial charge in [0.1, 0.15) is 5.82 Å². The normalized spacial score (nSPS) is 12.3. The largest absolute Gasteiger partial charge is 0.435 e. The molecule has 0 spiro atoms. The number of pyridine rings is 1. The summed E-state index contributed by atoms with van der Waals surface area (Å²) >= 11 is 0. The number of H-pyrrole nitrogens is 1. The number of halogens is 4. The van der Waals surface area contributed by atoms with E-state index < -0.39 is 17.7 Å². The zero-order valence-electron chi connectivity index (χ0n) is 13.3. The van der Waals surface area contributed by atoms with Crippen molar-refractivity contribution in [1.29, 1.82) is 0 Å². The maximum absolute atomic E-state index is 13.6. The molecule has 3 nitrogen and oxygen atoms in total. The number of aromatic nitrogens is 3. The Labute approximate surface area is 135 Å². The molecular weight excluding hydrogens is 322 g/mol. The van der Waals surface area contributed by atoms with Crippen LogP contribution in [0.4, 0.5) is 17.6 Å². The van der Waals surface area contributed by atoms with Crippen LogP contribution in [0, 0.1) is 12.7 Å². The summed E-state index contributed by atoms with van der Waals surface area (Å²) in [6.07, 6.45) is -4.60. The van der Waals surface area contributed by atoms with Crippen LogP contribution < -0.4 is 0 Å². The predicted molar refractivity (Wildman–Crippen MR) is 83.1 cm³/mol. The summed E-state index contributed by atoms with van der Waals surface area (Å²) in [6, 6.07) is 5.77. The van der Waals surface area contributed by atoms with E-state index in [9.17, 15) is 17.6 Å². The van der Waals surface area contributed by atoms with Gasteiger partial charge in [0, 0.05) is 17.1 Å². The molecule has 0 aliphatic heterocycles. The lowest BCUT2D eigenvalue weighted by atomic mass is 9.95. The van der Waals surface area contributed by atoms with E-state index in [0.29, 0.717) is 5.52 Å². The fourth-order valence-electron chi connectivity index (χ4n) is 2.78. The molecule has 0 fully saturated rings. The number of rotatable bonds is 2. The number of hydrogen-bond donors (Lipinski definition) is 1. The van der Waals surface area contributed by atoms with Crippen LogP contribution in [0.5, 0.6) is 0 Å². The second-order valence-electron chi connectivity index (χ2n) is 5.98. The van der Waals surface area contributed by atoms with Crippen molar-refractivity contribution in [3.63, 3.8) is 0 Å². The zero-order valence-corrected chi connectivity index (χ0v) is 13.3. The van der Waals surface area contributed by atoms with Crippen molar-refractivity contribution in [2.75, 3.05) is 0 Å². The molecule has 0 atom stereocenters. The summed E-state index contributed by atoms with van der Waals surface area (Å²) in [6.45, 7) is 5.35. The minimum Gasteiger partial charge on any atom is -0.282 e. The maximum atomic E-state index is 13.6. The standard InChI is InChI=1S/C17H15F4N3/c1-8(2)12-7-14(22-13-6-10(18)4-5-11(12)13)15-9(3)23-24-16(15)17(19,20)21/h4-8H,1-3H3,(H,23,24). The first-order chi connectivity index (χ1) is 11.2. The highest BCUT2D eigenvalue weighted by Crippen LogP contribution is 2.38. The van der Waals surface area contributed by atoms with Gasteiger partial charge in [-0.05, 0) is 36.6 Å². The van der Waals surface area contributed by atoms with E-state index in [1.807, 2.05) is 13.8 Å². The number of nitrogens with zero attached hydrogens (tertiary/aromatic N) is 2. The monoisotopic (exact) mass is 337 g/mol. The average Bonchev–Trinajstić information content (AvgIpc) is 2.87. The van der Waals surface area contributed by atoms with E-state index >= 15 is 0 Å². The number of hydrogen-bond acceptors (Lipinski definition) is 2. The molecule has 0 unspecified atom stereocenters. The van der Waals surface area contributed by atoms with Crippen molar-refractivity contribution in [2.24, 2.45) is 0 Å². The van der Waals surface area contributed by atoms with Crippen LogP contribution in [0.3, 0.4) is 0 Å². The van der Waals surface area contributed by atoms with E-state index in [4.69, 9.17) is 0 Å². The summed E-state index contributed by atoms with van der Waals surface area (Å²) < 4.78 is 53.2. The van der Waals surface area contributed by atoms with E-state index in [0.717, 1.165) is 10.9 Å². The third kappa shape index (κ3) is 2.74. The molecule has 0 bridgehead atoms. The van der Waals surface area contributed by atoms with Crippen LogP contribution in [0.1, 0.15) is 36.7 Å². The van der Waals surface area contributed by atoms with Crippen molar-refractivity contribution >= 4 is 10.9 Å². The van der Waals surface area contributed by atoms with Gasteiger partial charge in [0.05, 0.1) is 16.8 Å². The Morgan fingerprint density at radius 1 is 1.12 bits per heavy atom. The lowest BCUT2D eigenvalue weighted by molar-refractivity contribution is -0.140. The highest BCUT2D eigenvalue weighted by Gasteiger charge is 2.38. The molecule has 1 N–H and O–H groups in total. The molecule has 1 aromatic carbocycles. The van der Waals surface area contributed by atoms with Gasteiger partial charge in [-0.3, -0.25) is 5.10 Å². The zero-order chi connectivity index (χ0) is 17.6. The molecule has 0 saturated heterocycles. The minimum atomic E-state index is -4.60. The van der Waals surface area contributed by atoms with Crippen molar-refractivity contribution in [2.45, 2.75) is 32.9 Å². The van der Waals surface area contributed by atoms with Crippen LogP contribution in [-0.4, -0.2) is 15.2 Å². The molecule has 0 amide bonds. The van der Waals surface area contributed by atoms with E-state index in [2.05, 4.69) is 15.2 Å². The van der Waals surface area contributed by atoms with Crippen molar-refractivity contribution in [1.82, 2.24) is 15.2 Å².